The zero-order valence-corrected chi connectivity index (χ0v) is 15.1. The molecule has 0 bridgehead atoms. The molecule has 5 nitrogen and oxygen atoms in total. The molecule has 1 aliphatic carbocycles. The van der Waals surface area contributed by atoms with Crippen LogP contribution in [0.2, 0.25) is 0 Å². The number of hydrogen-bond acceptors (Lipinski definition) is 2. The van der Waals surface area contributed by atoms with Gasteiger partial charge in [-0.25, -0.2) is 4.79 Å². The molecule has 136 valence electrons. The Balaban J connectivity index is 1.48. The highest BCUT2D eigenvalue weighted by molar-refractivity contribution is 5.89. The van der Waals surface area contributed by atoms with Gasteiger partial charge >= 0.3 is 6.03 Å². The highest BCUT2D eigenvalue weighted by Crippen LogP contribution is 2.31. The van der Waals surface area contributed by atoms with Crippen LogP contribution >= 0.6 is 0 Å². The summed E-state index contributed by atoms with van der Waals surface area (Å²) in [5, 5.41) is 2.92. The van der Waals surface area contributed by atoms with Crippen molar-refractivity contribution in [1.29, 1.82) is 0 Å². The Hall–Kier alpha value is -2.04. The maximum absolute atomic E-state index is 12.8. The predicted molar refractivity (Wildman–Crippen MR) is 99.4 cm³/mol. The molecule has 5 heteroatoms. The Labute approximate surface area is 150 Å². The van der Waals surface area contributed by atoms with Gasteiger partial charge < -0.3 is 15.1 Å². The fourth-order valence-corrected chi connectivity index (χ4v) is 3.49. The van der Waals surface area contributed by atoms with Gasteiger partial charge in [0.25, 0.3) is 0 Å². The summed E-state index contributed by atoms with van der Waals surface area (Å²) in [5.74, 6) is 1.11. The molecule has 1 N–H and O–H groups in total. The van der Waals surface area contributed by atoms with Gasteiger partial charge in [0.2, 0.25) is 5.91 Å². The number of likely N-dealkylation sites (tertiary alicyclic amines) is 1. The maximum Gasteiger partial charge on any atom is 0.321 e. The fourth-order valence-electron chi connectivity index (χ4n) is 3.49. The second kappa shape index (κ2) is 8.37. The van der Waals surface area contributed by atoms with Crippen molar-refractivity contribution >= 4 is 17.6 Å². The van der Waals surface area contributed by atoms with Crippen LogP contribution in [0.25, 0.3) is 0 Å². The number of urea groups is 1. The molecule has 2 aliphatic rings. The van der Waals surface area contributed by atoms with E-state index < -0.39 is 0 Å². The third-order valence-corrected chi connectivity index (χ3v) is 5.14. The predicted octanol–water partition coefficient (Wildman–Crippen LogP) is 3.58. The number of benzene rings is 1. The van der Waals surface area contributed by atoms with E-state index in [1.807, 2.05) is 35.2 Å². The van der Waals surface area contributed by atoms with Gasteiger partial charge in [-0.2, -0.15) is 0 Å². The Morgan fingerprint density at radius 1 is 1.12 bits per heavy atom. The Morgan fingerprint density at radius 3 is 2.40 bits per heavy atom. The fraction of sp³-hybridized carbons (Fsp3) is 0.600. The second-order valence-corrected chi connectivity index (χ2v) is 7.29. The van der Waals surface area contributed by atoms with E-state index >= 15 is 0 Å². The maximum atomic E-state index is 12.8. The third kappa shape index (κ3) is 4.97. The van der Waals surface area contributed by atoms with Crippen LogP contribution in [-0.2, 0) is 4.79 Å². The van der Waals surface area contributed by atoms with Gasteiger partial charge in [0.05, 0.1) is 0 Å². The van der Waals surface area contributed by atoms with E-state index in [1.54, 1.807) is 0 Å². The number of rotatable bonds is 6. The Bertz CT molecular complexity index is 578. The average molecular weight is 343 g/mol. The molecular weight excluding hydrogens is 314 g/mol. The van der Waals surface area contributed by atoms with Crippen LogP contribution in [0.4, 0.5) is 10.5 Å². The van der Waals surface area contributed by atoms with Crippen LogP contribution in [-0.4, -0.2) is 47.9 Å². The first-order valence-corrected chi connectivity index (χ1v) is 9.57. The highest BCUT2D eigenvalue weighted by atomic mass is 16.2. The molecule has 1 saturated carbocycles. The monoisotopic (exact) mass is 343 g/mol. The number of amides is 3. The van der Waals surface area contributed by atoms with Gasteiger partial charge in [-0.05, 0) is 50.2 Å². The minimum atomic E-state index is -0.0690. The molecule has 3 amide bonds. The molecule has 1 aromatic carbocycles. The average Bonchev–Trinajstić information content (AvgIpc) is 3.46. The van der Waals surface area contributed by atoms with Gasteiger partial charge in [0.15, 0.2) is 0 Å². The van der Waals surface area contributed by atoms with E-state index in [0.29, 0.717) is 19.0 Å². The lowest BCUT2D eigenvalue weighted by atomic mass is 9.95. The van der Waals surface area contributed by atoms with Crippen molar-refractivity contribution in [2.24, 2.45) is 11.8 Å². The van der Waals surface area contributed by atoms with Crippen LogP contribution < -0.4 is 5.32 Å². The normalized spacial score (nSPS) is 18.0. The summed E-state index contributed by atoms with van der Waals surface area (Å²) in [6.07, 6.45) is 5.09. The minimum Gasteiger partial charge on any atom is -0.342 e. The first-order chi connectivity index (χ1) is 12.2. The van der Waals surface area contributed by atoms with E-state index in [1.165, 1.54) is 12.8 Å². The molecule has 1 aromatic rings. The number of carbonyl (C=O) groups excluding carboxylic acids is 2. The number of para-hydroxylation sites is 1. The molecule has 0 spiro atoms. The van der Waals surface area contributed by atoms with Gasteiger partial charge in [0.1, 0.15) is 0 Å². The zero-order valence-electron chi connectivity index (χ0n) is 15.1. The van der Waals surface area contributed by atoms with Crippen LogP contribution in [0.3, 0.4) is 0 Å². The van der Waals surface area contributed by atoms with Crippen LogP contribution in [0.15, 0.2) is 30.3 Å². The molecule has 1 aliphatic heterocycles. The summed E-state index contributed by atoms with van der Waals surface area (Å²) in [6.45, 7) is 5.23. The molecule has 1 saturated heterocycles. The van der Waals surface area contributed by atoms with E-state index in [4.69, 9.17) is 0 Å². The van der Waals surface area contributed by atoms with Crippen molar-refractivity contribution in [3.63, 3.8) is 0 Å². The van der Waals surface area contributed by atoms with Gasteiger partial charge in [-0.1, -0.05) is 25.1 Å². The van der Waals surface area contributed by atoms with Crippen LogP contribution in [0, 0.1) is 11.8 Å². The second-order valence-electron chi connectivity index (χ2n) is 7.29. The number of piperidine rings is 1. The molecule has 0 radical (unpaired) electrons. The third-order valence-electron chi connectivity index (χ3n) is 5.14. The molecule has 25 heavy (non-hydrogen) atoms. The van der Waals surface area contributed by atoms with Crippen molar-refractivity contribution in [3.8, 4) is 0 Å². The van der Waals surface area contributed by atoms with Crippen molar-refractivity contribution in [2.45, 2.75) is 39.0 Å². The Kier molecular flexibility index (Phi) is 5.95. The van der Waals surface area contributed by atoms with Crippen molar-refractivity contribution in [1.82, 2.24) is 9.80 Å². The number of anilines is 1. The van der Waals surface area contributed by atoms with Gasteiger partial charge in [-0.15, -0.1) is 0 Å². The largest absolute Gasteiger partial charge is 0.342 e. The van der Waals surface area contributed by atoms with Crippen molar-refractivity contribution < 1.29 is 9.59 Å². The smallest absolute Gasteiger partial charge is 0.321 e. The first kappa shape index (κ1) is 17.8. The first-order valence-electron chi connectivity index (χ1n) is 9.57. The number of carbonyl (C=O) groups is 2. The lowest BCUT2D eigenvalue weighted by Gasteiger charge is -2.34. The van der Waals surface area contributed by atoms with Crippen LogP contribution in [0.1, 0.15) is 39.0 Å². The summed E-state index contributed by atoms with van der Waals surface area (Å²) in [6, 6.07) is 9.44. The lowest BCUT2D eigenvalue weighted by Crippen LogP contribution is -2.46. The summed E-state index contributed by atoms with van der Waals surface area (Å²) in [5.41, 5.74) is 0.809. The molecule has 0 unspecified atom stereocenters. The van der Waals surface area contributed by atoms with E-state index in [0.717, 1.165) is 44.0 Å². The zero-order chi connectivity index (χ0) is 17.6. The van der Waals surface area contributed by atoms with Gasteiger partial charge in [0, 0.05) is 37.8 Å². The minimum absolute atomic E-state index is 0.0690. The highest BCUT2D eigenvalue weighted by Gasteiger charge is 2.32. The molecule has 0 atom stereocenters. The van der Waals surface area contributed by atoms with E-state index in [2.05, 4.69) is 17.1 Å². The quantitative estimate of drug-likeness (QED) is 0.858. The number of hydrogen-bond donors (Lipinski definition) is 1. The Morgan fingerprint density at radius 2 is 1.80 bits per heavy atom. The standard InChI is InChI=1S/C20H29N3O2/c1-2-12-23(15-16-8-9-16)19(24)17-10-13-22(14-11-17)20(25)21-18-6-4-3-5-7-18/h3-7,16-17H,2,8-15H2,1H3,(H,21,25). The SMILES string of the molecule is CCCN(CC1CC1)C(=O)C1CCN(C(=O)Nc2ccccc2)CC1. The van der Waals surface area contributed by atoms with E-state index in [-0.39, 0.29) is 11.9 Å². The van der Waals surface area contributed by atoms with Gasteiger partial charge in [-0.3, -0.25) is 4.79 Å². The van der Waals surface area contributed by atoms with Crippen molar-refractivity contribution in [3.05, 3.63) is 30.3 Å². The molecule has 1 heterocycles. The van der Waals surface area contributed by atoms with Crippen LogP contribution in [0.5, 0.6) is 0 Å². The summed E-state index contributed by atoms with van der Waals surface area (Å²) >= 11 is 0. The molecular formula is C20H29N3O2. The number of nitrogens with zero attached hydrogens (tertiary/aromatic N) is 2. The molecule has 3 rings (SSSR count). The van der Waals surface area contributed by atoms with Crippen molar-refractivity contribution in [2.75, 3.05) is 31.5 Å². The van der Waals surface area contributed by atoms with E-state index in [9.17, 15) is 9.59 Å². The summed E-state index contributed by atoms with van der Waals surface area (Å²) < 4.78 is 0. The molecule has 0 aromatic heterocycles. The topological polar surface area (TPSA) is 52.7 Å². The summed E-state index contributed by atoms with van der Waals surface area (Å²) in [4.78, 5) is 29.1. The summed E-state index contributed by atoms with van der Waals surface area (Å²) in [7, 11) is 0. The lowest BCUT2D eigenvalue weighted by molar-refractivity contribution is -0.137. The number of nitrogens with one attached hydrogen (secondary N) is 1. The molecule has 2 fully saturated rings.